The molecule has 3 atom stereocenters. The Balaban J connectivity index is 2.25. The van der Waals surface area contributed by atoms with E-state index in [0.717, 1.165) is 0 Å². The molecule has 3 N–H and O–H groups in total. The van der Waals surface area contributed by atoms with Crippen LogP contribution in [0.3, 0.4) is 0 Å². The highest BCUT2D eigenvalue weighted by Crippen LogP contribution is 2.58. The van der Waals surface area contributed by atoms with Gasteiger partial charge in [-0.2, -0.15) is 8.42 Å². The molecular formula is C11H16NO7PS. The van der Waals surface area contributed by atoms with Gasteiger partial charge in [-0.05, 0) is 25.0 Å². The van der Waals surface area contributed by atoms with Crippen molar-refractivity contribution < 1.29 is 30.8 Å². The van der Waals surface area contributed by atoms with Gasteiger partial charge in [-0.15, -0.1) is 0 Å². The van der Waals surface area contributed by atoms with E-state index in [-0.39, 0.29) is 18.7 Å². The topological polar surface area (TPSA) is 125 Å². The molecule has 10 heteroatoms. The Morgan fingerprint density at radius 1 is 1.33 bits per heavy atom. The van der Waals surface area contributed by atoms with E-state index in [4.69, 9.17) is 19.3 Å². The zero-order valence-electron chi connectivity index (χ0n) is 11.0. The number of rotatable bonds is 5. The second-order valence-electron chi connectivity index (χ2n) is 4.46. The van der Waals surface area contributed by atoms with Crippen LogP contribution in [-0.4, -0.2) is 31.5 Å². The molecule has 0 saturated carbocycles. The number of hydrogen-bond acceptors (Lipinski definition) is 7. The third-order valence-electron chi connectivity index (χ3n) is 2.86. The Labute approximate surface area is 122 Å². The molecule has 1 heterocycles. The Morgan fingerprint density at radius 2 is 2.00 bits per heavy atom. The van der Waals surface area contributed by atoms with Crippen molar-refractivity contribution in [1.29, 1.82) is 0 Å². The molecule has 8 nitrogen and oxygen atoms in total. The normalized spacial score (nSPS) is 30.0. The molecular weight excluding hydrogens is 321 g/mol. The zero-order valence-corrected chi connectivity index (χ0v) is 12.7. The Hall–Kier alpha value is -0.960. The van der Waals surface area contributed by atoms with E-state index in [0.29, 0.717) is 6.42 Å². The highest BCUT2D eigenvalue weighted by molar-refractivity contribution is 7.81. The smallest absolute Gasteiger partial charge is 0.409 e. The van der Waals surface area contributed by atoms with Crippen molar-refractivity contribution in [3.8, 4) is 5.75 Å². The van der Waals surface area contributed by atoms with Crippen LogP contribution >= 0.6 is 7.60 Å². The summed E-state index contributed by atoms with van der Waals surface area (Å²) in [7, 11) is -8.73. The maximum absolute atomic E-state index is 12.8. The molecule has 2 rings (SSSR count). The maximum atomic E-state index is 12.8. The lowest BCUT2D eigenvalue weighted by Gasteiger charge is -2.33. The van der Waals surface area contributed by atoms with Crippen molar-refractivity contribution >= 4 is 18.0 Å². The fourth-order valence-electron chi connectivity index (χ4n) is 1.93. The third kappa shape index (κ3) is 4.50. The molecule has 1 saturated heterocycles. The van der Waals surface area contributed by atoms with E-state index < -0.39 is 29.9 Å². The fraction of sp³-hybridized carbons (Fsp3) is 0.455. The molecule has 21 heavy (non-hydrogen) atoms. The molecule has 0 amide bonds. The molecule has 1 aromatic rings. The van der Waals surface area contributed by atoms with Crippen molar-refractivity contribution in [3.05, 3.63) is 30.3 Å². The molecule has 1 aliphatic rings. The van der Waals surface area contributed by atoms with Crippen molar-refractivity contribution in [1.82, 2.24) is 0 Å². The first-order valence-electron chi connectivity index (χ1n) is 6.21. The predicted octanol–water partition coefficient (Wildman–Crippen LogP) is 1.54. The van der Waals surface area contributed by atoms with E-state index in [1.165, 1.54) is 0 Å². The van der Waals surface area contributed by atoms with Gasteiger partial charge in [0, 0.05) is 6.54 Å². The third-order valence-corrected chi connectivity index (χ3v) is 5.60. The number of hydrogen-bond donors (Lipinski definition) is 2. The van der Waals surface area contributed by atoms with Crippen molar-refractivity contribution in [2.24, 2.45) is 5.73 Å². The Bertz CT molecular complexity index is 621. The van der Waals surface area contributed by atoms with Gasteiger partial charge in [0.05, 0.1) is 6.10 Å². The monoisotopic (exact) mass is 337 g/mol. The maximum Gasteiger partial charge on any atom is 0.409 e. The summed E-state index contributed by atoms with van der Waals surface area (Å²) in [6, 6.07) is 8.13. The number of benzene rings is 1. The van der Waals surface area contributed by atoms with Crippen LogP contribution in [0.25, 0.3) is 0 Å². The number of nitrogens with two attached hydrogens (primary N) is 1. The summed E-state index contributed by atoms with van der Waals surface area (Å²) < 4.78 is 58.3. The average Bonchev–Trinajstić information content (AvgIpc) is 2.41. The molecule has 0 radical (unpaired) electrons. The van der Waals surface area contributed by atoms with E-state index in [1.54, 1.807) is 30.3 Å². The molecule has 1 aromatic carbocycles. The predicted molar refractivity (Wildman–Crippen MR) is 74.3 cm³/mol. The molecule has 1 aliphatic heterocycles. The lowest BCUT2D eigenvalue weighted by atomic mass is 10.2. The highest BCUT2D eigenvalue weighted by atomic mass is 32.3. The molecule has 3 unspecified atom stereocenters. The Kier molecular flexibility index (Phi) is 5.03. The second-order valence-corrected chi connectivity index (χ2v) is 7.56. The van der Waals surface area contributed by atoms with Crippen LogP contribution in [-0.2, 0) is 23.7 Å². The molecule has 0 spiro atoms. The highest BCUT2D eigenvalue weighted by Gasteiger charge is 2.46. The molecule has 0 bridgehead atoms. The lowest BCUT2D eigenvalue weighted by Crippen LogP contribution is -2.34. The first kappa shape index (κ1) is 16.4. The van der Waals surface area contributed by atoms with Gasteiger partial charge in [0.1, 0.15) is 5.75 Å². The van der Waals surface area contributed by atoms with Crippen molar-refractivity contribution in [3.63, 3.8) is 0 Å². The van der Waals surface area contributed by atoms with Gasteiger partial charge in [0.2, 0.25) is 0 Å². The summed E-state index contributed by atoms with van der Waals surface area (Å²) in [6.07, 6.45) is -0.106. The van der Waals surface area contributed by atoms with Gasteiger partial charge in [0.15, 0.2) is 5.85 Å². The minimum atomic E-state index is -4.77. The minimum Gasteiger partial charge on any atom is -0.423 e. The largest absolute Gasteiger partial charge is 0.423 e. The van der Waals surface area contributed by atoms with Gasteiger partial charge >= 0.3 is 18.0 Å². The summed E-state index contributed by atoms with van der Waals surface area (Å²) >= 11 is 0. The quantitative estimate of drug-likeness (QED) is 0.612. The van der Waals surface area contributed by atoms with Gasteiger partial charge in [-0.3, -0.25) is 9.08 Å². The molecule has 0 aromatic heterocycles. The van der Waals surface area contributed by atoms with Crippen LogP contribution in [0, 0.1) is 0 Å². The van der Waals surface area contributed by atoms with Gasteiger partial charge in [-0.1, -0.05) is 18.2 Å². The zero-order chi connectivity index (χ0) is 15.5. The van der Waals surface area contributed by atoms with E-state index in [2.05, 4.69) is 4.18 Å². The van der Waals surface area contributed by atoms with E-state index >= 15 is 0 Å². The molecule has 1 fully saturated rings. The summed E-state index contributed by atoms with van der Waals surface area (Å²) in [5.74, 6) is -1.17. The lowest BCUT2D eigenvalue weighted by molar-refractivity contribution is 0.0927. The van der Waals surface area contributed by atoms with Gasteiger partial charge in [0.25, 0.3) is 0 Å². The minimum absolute atomic E-state index is 0.0752. The molecule has 118 valence electrons. The van der Waals surface area contributed by atoms with Gasteiger partial charge in [-0.25, -0.2) is 8.75 Å². The summed E-state index contributed by atoms with van der Waals surface area (Å²) in [4.78, 5) is 0. The summed E-state index contributed by atoms with van der Waals surface area (Å²) in [5.41, 5.74) is 5.48. The van der Waals surface area contributed by atoms with Crippen LogP contribution in [0.4, 0.5) is 0 Å². The van der Waals surface area contributed by atoms with Crippen LogP contribution in [0.1, 0.15) is 12.8 Å². The number of para-hydroxylation sites is 1. The first-order valence-corrected chi connectivity index (χ1v) is 9.18. The van der Waals surface area contributed by atoms with Crippen LogP contribution in [0.2, 0.25) is 0 Å². The standard InChI is InChI=1S/C11H16NO7PS/c12-8-10-6-7-11(19-21(14,15)16)20(13,18-10)17-9-4-2-1-3-5-9/h1-5,10-11H,6-8,12H2,(H,14,15,16). The first-order chi connectivity index (χ1) is 9.82. The SMILES string of the molecule is NCC1CCC(OS(=O)(=O)O)P(=O)(Oc2ccccc2)O1. The van der Waals surface area contributed by atoms with Crippen LogP contribution in [0.15, 0.2) is 30.3 Å². The second kappa shape index (κ2) is 6.43. The fourth-order valence-corrected chi connectivity index (χ4v) is 4.83. The average molecular weight is 337 g/mol. The summed E-state index contributed by atoms with van der Waals surface area (Å²) in [5, 5.41) is 0. The summed E-state index contributed by atoms with van der Waals surface area (Å²) in [6.45, 7) is 0.112. The van der Waals surface area contributed by atoms with Crippen LogP contribution in [0.5, 0.6) is 5.75 Å². The van der Waals surface area contributed by atoms with Crippen LogP contribution < -0.4 is 10.3 Å². The Morgan fingerprint density at radius 3 is 2.57 bits per heavy atom. The van der Waals surface area contributed by atoms with Crippen molar-refractivity contribution in [2.45, 2.75) is 24.8 Å². The van der Waals surface area contributed by atoms with Crippen molar-refractivity contribution in [2.75, 3.05) is 6.54 Å². The molecule has 0 aliphatic carbocycles. The van der Waals surface area contributed by atoms with E-state index in [9.17, 15) is 13.0 Å². The van der Waals surface area contributed by atoms with E-state index in [1.807, 2.05) is 0 Å². The van der Waals surface area contributed by atoms with Gasteiger partial charge < -0.3 is 10.3 Å².